The maximum Gasteiger partial charge on any atom is 0.0640 e. The Morgan fingerprint density at radius 1 is 1.33 bits per heavy atom. The van der Waals surface area contributed by atoms with Gasteiger partial charge < -0.3 is 10.8 Å². The Bertz CT molecular complexity index is 395. The Morgan fingerprint density at radius 2 is 1.94 bits per heavy atom. The Balaban J connectivity index is 2.18. The van der Waals surface area contributed by atoms with Crippen LogP contribution in [0.2, 0.25) is 5.02 Å². The zero-order valence-electron chi connectivity index (χ0n) is 11.0. The van der Waals surface area contributed by atoms with Gasteiger partial charge in [-0.25, -0.2) is 0 Å². The first-order valence-corrected chi connectivity index (χ1v) is 7.04. The maximum absolute atomic E-state index is 10.4. The Labute approximate surface area is 114 Å². The molecule has 2 nitrogen and oxygen atoms in total. The first kappa shape index (κ1) is 13.9. The van der Waals surface area contributed by atoms with Crippen LogP contribution < -0.4 is 5.73 Å². The van der Waals surface area contributed by atoms with Gasteiger partial charge in [0.1, 0.15) is 0 Å². The van der Waals surface area contributed by atoms with Crippen molar-refractivity contribution in [1.82, 2.24) is 0 Å². The summed E-state index contributed by atoms with van der Waals surface area (Å²) in [5.41, 5.74) is 6.33. The van der Waals surface area contributed by atoms with Crippen molar-refractivity contribution in [2.24, 2.45) is 5.73 Å². The molecule has 1 fully saturated rings. The second kappa shape index (κ2) is 5.20. The SMILES string of the molecule is C[C@@](O)(CCN)CC1(c2ccc(Cl)cc2)CCC1. The molecule has 2 rings (SSSR count). The third-order valence-electron chi connectivity index (χ3n) is 4.17. The van der Waals surface area contributed by atoms with Crippen molar-refractivity contribution in [2.45, 2.75) is 50.0 Å². The summed E-state index contributed by atoms with van der Waals surface area (Å²) in [6, 6.07) is 8.07. The van der Waals surface area contributed by atoms with Crippen molar-refractivity contribution in [3.8, 4) is 0 Å². The lowest BCUT2D eigenvalue weighted by Gasteiger charge is -2.46. The molecule has 0 spiro atoms. The average Bonchev–Trinajstić information content (AvgIpc) is 2.25. The quantitative estimate of drug-likeness (QED) is 0.860. The lowest BCUT2D eigenvalue weighted by atomic mass is 9.59. The lowest BCUT2D eigenvalue weighted by Crippen LogP contribution is -2.43. The highest BCUT2D eigenvalue weighted by molar-refractivity contribution is 6.30. The van der Waals surface area contributed by atoms with E-state index in [2.05, 4.69) is 12.1 Å². The first-order chi connectivity index (χ1) is 8.47. The molecular weight excluding hydrogens is 246 g/mol. The van der Waals surface area contributed by atoms with Crippen LogP contribution in [-0.2, 0) is 5.41 Å². The van der Waals surface area contributed by atoms with E-state index < -0.39 is 5.60 Å². The van der Waals surface area contributed by atoms with E-state index in [4.69, 9.17) is 17.3 Å². The zero-order chi connectivity index (χ0) is 13.2. The molecule has 1 saturated carbocycles. The van der Waals surface area contributed by atoms with E-state index in [-0.39, 0.29) is 5.41 Å². The van der Waals surface area contributed by atoms with E-state index in [9.17, 15) is 5.11 Å². The van der Waals surface area contributed by atoms with Gasteiger partial charge >= 0.3 is 0 Å². The van der Waals surface area contributed by atoms with Crippen LogP contribution in [0.3, 0.4) is 0 Å². The van der Waals surface area contributed by atoms with Gasteiger partial charge in [-0.2, -0.15) is 0 Å². The molecule has 0 radical (unpaired) electrons. The van der Waals surface area contributed by atoms with Crippen LogP contribution in [0.4, 0.5) is 0 Å². The van der Waals surface area contributed by atoms with E-state index in [1.807, 2.05) is 19.1 Å². The van der Waals surface area contributed by atoms with E-state index in [1.165, 1.54) is 12.0 Å². The molecule has 0 aliphatic heterocycles. The van der Waals surface area contributed by atoms with Crippen molar-refractivity contribution >= 4 is 11.6 Å². The number of nitrogens with two attached hydrogens (primary N) is 1. The summed E-state index contributed by atoms with van der Waals surface area (Å²) in [4.78, 5) is 0. The Kier molecular flexibility index (Phi) is 4.00. The number of hydrogen-bond donors (Lipinski definition) is 2. The molecule has 18 heavy (non-hydrogen) atoms. The normalized spacial score (nSPS) is 21.1. The predicted molar refractivity (Wildman–Crippen MR) is 75.9 cm³/mol. The van der Waals surface area contributed by atoms with Gasteiger partial charge in [-0.3, -0.25) is 0 Å². The van der Waals surface area contributed by atoms with Crippen LogP contribution in [-0.4, -0.2) is 17.3 Å². The minimum absolute atomic E-state index is 0.128. The van der Waals surface area contributed by atoms with Crippen molar-refractivity contribution < 1.29 is 5.11 Å². The van der Waals surface area contributed by atoms with Gasteiger partial charge in [0.25, 0.3) is 0 Å². The summed E-state index contributed by atoms with van der Waals surface area (Å²) in [6.07, 6.45) is 4.98. The zero-order valence-corrected chi connectivity index (χ0v) is 11.7. The molecule has 0 unspecified atom stereocenters. The van der Waals surface area contributed by atoms with Crippen LogP contribution in [0.25, 0.3) is 0 Å². The highest BCUT2D eigenvalue weighted by Crippen LogP contribution is 2.49. The molecule has 1 atom stereocenters. The second-order valence-corrected chi connectivity index (χ2v) is 6.29. The molecule has 3 heteroatoms. The average molecular weight is 268 g/mol. The third-order valence-corrected chi connectivity index (χ3v) is 4.42. The number of halogens is 1. The van der Waals surface area contributed by atoms with Gasteiger partial charge in [0.05, 0.1) is 5.60 Å². The molecule has 1 aromatic rings. The fraction of sp³-hybridized carbons (Fsp3) is 0.600. The van der Waals surface area contributed by atoms with Gasteiger partial charge in [0.15, 0.2) is 0 Å². The number of rotatable bonds is 5. The highest BCUT2D eigenvalue weighted by atomic mass is 35.5. The summed E-state index contributed by atoms with van der Waals surface area (Å²) in [7, 11) is 0. The Morgan fingerprint density at radius 3 is 2.39 bits per heavy atom. The molecule has 0 bridgehead atoms. The number of benzene rings is 1. The second-order valence-electron chi connectivity index (χ2n) is 5.85. The summed E-state index contributed by atoms with van der Waals surface area (Å²) in [5, 5.41) is 11.2. The monoisotopic (exact) mass is 267 g/mol. The molecule has 1 aliphatic carbocycles. The molecular formula is C15H22ClNO. The van der Waals surface area contributed by atoms with Crippen molar-refractivity contribution in [2.75, 3.05) is 6.54 Å². The van der Waals surface area contributed by atoms with Crippen LogP contribution in [0, 0.1) is 0 Å². The van der Waals surface area contributed by atoms with Crippen LogP contribution >= 0.6 is 11.6 Å². The highest BCUT2D eigenvalue weighted by Gasteiger charge is 2.43. The predicted octanol–water partition coefficient (Wildman–Crippen LogP) is 3.25. The topological polar surface area (TPSA) is 46.2 Å². The number of aliphatic hydroxyl groups is 1. The minimum Gasteiger partial charge on any atom is -0.390 e. The van der Waals surface area contributed by atoms with Crippen LogP contribution in [0.15, 0.2) is 24.3 Å². The van der Waals surface area contributed by atoms with Gasteiger partial charge in [0.2, 0.25) is 0 Å². The largest absolute Gasteiger partial charge is 0.390 e. The molecule has 1 aliphatic rings. The number of hydrogen-bond acceptors (Lipinski definition) is 2. The summed E-state index contributed by atoms with van der Waals surface area (Å²) < 4.78 is 0. The summed E-state index contributed by atoms with van der Waals surface area (Å²) >= 11 is 5.94. The van der Waals surface area contributed by atoms with Gasteiger partial charge in [-0.05, 0) is 62.3 Å². The van der Waals surface area contributed by atoms with E-state index in [1.54, 1.807) is 0 Å². The van der Waals surface area contributed by atoms with Gasteiger partial charge in [-0.15, -0.1) is 0 Å². The summed E-state index contributed by atoms with van der Waals surface area (Å²) in [6.45, 7) is 2.43. The fourth-order valence-electron chi connectivity index (χ4n) is 3.10. The molecule has 0 amide bonds. The van der Waals surface area contributed by atoms with Crippen LogP contribution in [0.5, 0.6) is 0 Å². The minimum atomic E-state index is -0.672. The lowest BCUT2D eigenvalue weighted by molar-refractivity contribution is 0.00150. The van der Waals surface area contributed by atoms with Crippen molar-refractivity contribution in [3.63, 3.8) is 0 Å². The maximum atomic E-state index is 10.4. The van der Waals surface area contributed by atoms with Crippen molar-refractivity contribution in [3.05, 3.63) is 34.9 Å². The fourth-order valence-corrected chi connectivity index (χ4v) is 3.23. The molecule has 1 aromatic carbocycles. The molecule has 0 aromatic heterocycles. The first-order valence-electron chi connectivity index (χ1n) is 6.66. The molecule has 0 heterocycles. The van der Waals surface area contributed by atoms with Gasteiger partial charge in [0, 0.05) is 5.02 Å². The Hall–Kier alpha value is -0.570. The molecule has 0 saturated heterocycles. The van der Waals surface area contributed by atoms with Crippen LogP contribution in [0.1, 0.15) is 44.6 Å². The van der Waals surface area contributed by atoms with Gasteiger partial charge in [-0.1, -0.05) is 30.2 Å². The standard InChI is InChI=1S/C15H22ClNO/c1-14(18,9-10-17)11-15(7-2-8-15)12-3-5-13(16)6-4-12/h3-6,18H,2,7-11,17H2,1H3/t14-/m1/s1. The van der Waals surface area contributed by atoms with Crippen molar-refractivity contribution in [1.29, 1.82) is 0 Å². The summed E-state index contributed by atoms with van der Waals surface area (Å²) in [5.74, 6) is 0. The molecule has 100 valence electrons. The van der Waals surface area contributed by atoms with E-state index in [0.717, 1.165) is 24.3 Å². The smallest absolute Gasteiger partial charge is 0.0640 e. The van der Waals surface area contributed by atoms with E-state index in [0.29, 0.717) is 13.0 Å². The van der Waals surface area contributed by atoms with E-state index >= 15 is 0 Å². The third kappa shape index (κ3) is 2.87. The molecule has 3 N–H and O–H groups in total.